The van der Waals surface area contributed by atoms with Crippen LogP contribution in [0.5, 0.6) is 0 Å². The lowest BCUT2D eigenvalue weighted by atomic mass is 9.90. The fourth-order valence-corrected chi connectivity index (χ4v) is 4.07. The van der Waals surface area contributed by atoms with Gasteiger partial charge in [0.1, 0.15) is 12.2 Å². The molecule has 0 bridgehead atoms. The molecule has 0 unspecified atom stereocenters. The van der Waals surface area contributed by atoms with Crippen molar-refractivity contribution in [3.63, 3.8) is 0 Å². The molecule has 0 radical (unpaired) electrons. The maximum atomic E-state index is 12.8. The van der Waals surface area contributed by atoms with Gasteiger partial charge in [-0.2, -0.15) is 0 Å². The maximum Gasteiger partial charge on any atom is 0.341 e. The van der Waals surface area contributed by atoms with Crippen LogP contribution in [0.2, 0.25) is 0 Å². The highest BCUT2D eigenvalue weighted by atomic mass is 16.8. The number of carbonyl (C=O) groups is 3. The lowest BCUT2D eigenvalue weighted by Gasteiger charge is -2.27. The second kappa shape index (κ2) is 10.0. The molecule has 2 saturated heterocycles. The van der Waals surface area contributed by atoms with Crippen LogP contribution in [0.25, 0.3) is 0 Å². The van der Waals surface area contributed by atoms with Crippen LogP contribution in [0.4, 0.5) is 0 Å². The van der Waals surface area contributed by atoms with E-state index in [4.69, 9.17) is 23.7 Å². The van der Waals surface area contributed by atoms with Gasteiger partial charge in [0.05, 0.1) is 0 Å². The SMILES string of the molecule is CC(=O)O[C@H]1C=C([C@H]2C[C@H]3O[C@@]3(CC/C=C(\C)CCC=C(C)C)C(=O)O2)[C@@H](OC(C)=O)O1. The molecule has 32 heavy (non-hydrogen) atoms. The Morgan fingerprint density at radius 1 is 1.09 bits per heavy atom. The van der Waals surface area contributed by atoms with Gasteiger partial charge in [-0.05, 0) is 52.5 Å². The van der Waals surface area contributed by atoms with E-state index < -0.39 is 42.2 Å². The van der Waals surface area contributed by atoms with Crippen LogP contribution < -0.4 is 0 Å². The summed E-state index contributed by atoms with van der Waals surface area (Å²) in [4.78, 5) is 35.5. The Bertz CT molecular complexity index is 850. The van der Waals surface area contributed by atoms with Gasteiger partial charge in [-0.25, -0.2) is 4.79 Å². The Kier molecular flexibility index (Phi) is 7.56. The summed E-state index contributed by atoms with van der Waals surface area (Å²) in [6.45, 7) is 8.77. The summed E-state index contributed by atoms with van der Waals surface area (Å²) in [6, 6.07) is 0. The van der Waals surface area contributed by atoms with Crippen molar-refractivity contribution in [3.8, 4) is 0 Å². The third-order valence-corrected chi connectivity index (χ3v) is 5.72. The molecule has 3 aliphatic rings. The van der Waals surface area contributed by atoms with Gasteiger partial charge in [-0.15, -0.1) is 0 Å². The molecule has 8 heteroatoms. The van der Waals surface area contributed by atoms with Crippen molar-refractivity contribution < 1.29 is 38.1 Å². The second-order valence-electron chi connectivity index (χ2n) is 8.76. The van der Waals surface area contributed by atoms with Crippen LogP contribution in [-0.2, 0) is 38.1 Å². The number of esters is 3. The summed E-state index contributed by atoms with van der Waals surface area (Å²) in [5.41, 5.74) is 2.13. The fraction of sp³-hybridized carbons (Fsp3) is 0.625. The molecule has 2 fully saturated rings. The second-order valence-corrected chi connectivity index (χ2v) is 8.76. The summed E-state index contributed by atoms with van der Waals surface area (Å²) in [6.07, 6.45) is 6.58. The van der Waals surface area contributed by atoms with Crippen molar-refractivity contribution in [3.05, 3.63) is 34.9 Å². The normalized spacial score (nSPS) is 31.2. The Balaban J connectivity index is 1.58. The summed E-state index contributed by atoms with van der Waals surface area (Å²) in [7, 11) is 0. The number of epoxide rings is 1. The zero-order valence-corrected chi connectivity index (χ0v) is 19.3. The molecule has 3 aliphatic heterocycles. The van der Waals surface area contributed by atoms with Crippen LogP contribution in [0, 0.1) is 0 Å². The average molecular weight is 449 g/mol. The van der Waals surface area contributed by atoms with Crippen LogP contribution in [0.15, 0.2) is 34.9 Å². The first kappa shape index (κ1) is 24.2. The van der Waals surface area contributed by atoms with Crippen molar-refractivity contribution in [2.75, 3.05) is 0 Å². The molecule has 176 valence electrons. The number of cyclic esters (lactones) is 1. The van der Waals surface area contributed by atoms with Gasteiger partial charge in [-0.1, -0.05) is 23.3 Å². The predicted molar refractivity (Wildman–Crippen MR) is 114 cm³/mol. The monoisotopic (exact) mass is 448 g/mol. The summed E-state index contributed by atoms with van der Waals surface area (Å²) >= 11 is 0. The first-order chi connectivity index (χ1) is 15.1. The molecular weight excluding hydrogens is 416 g/mol. The van der Waals surface area contributed by atoms with Gasteiger partial charge < -0.3 is 18.9 Å². The Labute approximate surface area is 188 Å². The Hall–Kier alpha value is -2.45. The molecule has 5 atom stereocenters. The molecule has 0 aliphatic carbocycles. The third kappa shape index (κ3) is 5.86. The number of rotatable bonds is 9. The van der Waals surface area contributed by atoms with Gasteiger partial charge in [0.2, 0.25) is 12.6 Å². The number of allylic oxidation sites excluding steroid dienone is 4. The summed E-state index contributed by atoms with van der Waals surface area (Å²) in [5.74, 6) is -1.52. The number of hydrogen-bond donors (Lipinski definition) is 0. The molecule has 0 spiro atoms. The van der Waals surface area contributed by atoms with Gasteiger partial charge in [0, 0.05) is 25.8 Å². The zero-order valence-electron chi connectivity index (χ0n) is 19.3. The van der Waals surface area contributed by atoms with Crippen LogP contribution in [0.1, 0.15) is 66.7 Å². The van der Waals surface area contributed by atoms with Crippen LogP contribution in [-0.4, -0.2) is 48.3 Å². The fourth-order valence-electron chi connectivity index (χ4n) is 4.07. The smallest absolute Gasteiger partial charge is 0.341 e. The van der Waals surface area contributed by atoms with E-state index in [1.165, 1.54) is 31.1 Å². The maximum absolute atomic E-state index is 12.8. The van der Waals surface area contributed by atoms with E-state index >= 15 is 0 Å². The quantitative estimate of drug-likeness (QED) is 0.228. The highest BCUT2D eigenvalue weighted by Gasteiger charge is 2.67. The molecule has 3 rings (SSSR count). The van der Waals surface area contributed by atoms with Crippen molar-refractivity contribution in [2.45, 2.75) is 97.1 Å². The number of hydrogen-bond acceptors (Lipinski definition) is 8. The lowest BCUT2D eigenvalue weighted by Crippen LogP contribution is -2.41. The molecule has 8 nitrogen and oxygen atoms in total. The van der Waals surface area contributed by atoms with Crippen molar-refractivity contribution in [1.29, 1.82) is 0 Å². The molecule has 0 aromatic rings. The topological polar surface area (TPSA) is 101 Å². The van der Waals surface area contributed by atoms with Crippen molar-refractivity contribution in [2.24, 2.45) is 0 Å². The van der Waals surface area contributed by atoms with Gasteiger partial charge >= 0.3 is 17.9 Å². The molecule has 0 N–H and O–H groups in total. The van der Waals surface area contributed by atoms with E-state index in [0.29, 0.717) is 18.4 Å². The van der Waals surface area contributed by atoms with E-state index in [0.717, 1.165) is 19.3 Å². The van der Waals surface area contributed by atoms with Crippen LogP contribution >= 0.6 is 0 Å². The first-order valence-corrected chi connectivity index (χ1v) is 11.0. The van der Waals surface area contributed by atoms with Gasteiger partial charge in [0.25, 0.3) is 0 Å². The minimum Gasteiger partial charge on any atom is -0.455 e. The van der Waals surface area contributed by atoms with E-state index in [1.807, 2.05) is 0 Å². The first-order valence-electron chi connectivity index (χ1n) is 11.0. The zero-order chi connectivity index (χ0) is 23.5. The van der Waals surface area contributed by atoms with E-state index in [9.17, 15) is 14.4 Å². The van der Waals surface area contributed by atoms with E-state index in [-0.39, 0.29) is 6.10 Å². The van der Waals surface area contributed by atoms with Crippen molar-refractivity contribution in [1.82, 2.24) is 0 Å². The number of ether oxygens (including phenoxy) is 5. The molecule has 3 heterocycles. The van der Waals surface area contributed by atoms with Gasteiger partial charge in [-0.3, -0.25) is 14.3 Å². The largest absolute Gasteiger partial charge is 0.455 e. The molecular formula is C24H32O8. The molecule has 0 saturated carbocycles. The number of fused-ring (bicyclic) bond motifs is 1. The Morgan fingerprint density at radius 3 is 2.44 bits per heavy atom. The van der Waals surface area contributed by atoms with Crippen molar-refractivity contribution >= 4 is 17.9 Å². The van der Waals surface area contributed by atoms with E-state index in [2.05, 4.69) is 32.9 Å². The van der Waals surface area contributed by atoms with Crippen LogP contribution in [0.3, 0.4) is 0 Å². The minimum absolute atomic E-state index is 0.264. The highest BCUT2D eigenvalue weighted by Crippen LogP contribution is 2.50. The molecule has 0 aromatic carbocycles. The minimum atomic E-state index is -1.08. The Morgan fingerprint density at radius 2 is 1.81 bits per heavy atom. The third-order valence-electron chi connectivity index (χ3n) is 5.72. The summed E-state index contributed by atoms with van der Waals surface area (Å²) < 4.78 is 27.1. The van der Waals surface area contributed by atoms with Gasteiger partial charge in [0.15, 0.2) is 5.60 Å². The standard InChI is InChI=1S/C24H32O8/c1-14(2)8-6-9-15(3)10-7-11-24-20(32-24)13-19(30-23(24)27)18-12-21(28-16(4)25)31-22(18)29-17(5)26/h8,10,12,19-22H,6-7,9,11,13H2,1-5H3/b15-10+/t19-,20-,21-,22+,24-/m1/s1. The number of carbonyl (C=O) groups excluding carboxylic acids is 3. The molecule has 0 aromatic heterocycles. The average Bonchev–Trinajstić information content (AvgIpc) is 3.27. The highest BCUT2D eigenvalue weighted by molar-refractivity contribution is 5.85. The summed E-state index contributed by atoms with van der Waals surface area (Å²) in [5, 5.41) is 0. The lowest BCUT2D eigenvalue weighted by molar-refractivity contribution is -0.204. The van der Waals surface area contributed by atoms with E-state index in [1.54, 1.807) is 0 Å². The molecule has 0 amide bonds. The predicted octanol–water partition coefficient (Wildman–Crippen LogP) is 3.65.